The molecule has 0 unspecified atom stereocenters. The Bertz CT molecular complexity index is 1140. The molecule has 7 nitrogen and oxygen atoms in total. The van der Waals surface area contributed by atoms with Gasteiger partial charge in [0.2, 0.25) is 5.91 Å². The van der Waals surface area contributed by atoms with Crippen LogP contribution in [0.4, 0.5) is 9.18 Å². The molecule has 8 heteroatoms. The van der Waals surface area contributed by atoms with E-state index in [1.54, 1.807) is 12.1 Å². The van der Waals surface area contributed by atoms with Gasteiger partial charge in [0.05, 0.1) is 19.1 Å². The molecule has 0 radical (unpaired) electrons. The van der Waals surface area contributed by atoms with Crippen molar-refractivity contribution in [3.63, 3.8) is 0 Å². The van der Waals surface area contributed by atoms with Crippen molar-refractivity contribution in [2.45, 2.75) is 50.6 Å². The minimum absolute atomic E-state index is 0.0712. The number of nitrogens with one attached hydrogen (secondary N) is 1. The Labute approximate surface area is 210 Å². The first kappa shape index (κ1) is 24.4. The minimum atomic E-state index is -1.12. The van der Waals surface area contributed by atoms with E-state index in [0.717, 1.165) is 16.7 Å². The molecule has 2 aromatic carbocycles. The number of rotatable bonds is 6. The van der Waals surface area contributed by atoms with Gasteiger partial charge >= 0.3 is 6.03 Å². The Morgan fingerprint density at radius 1 is 1.08 bits per heavy atom. The second-order valence-corrected chi connectivity index (χ2v) is 10.2. The molecule has 190 valence electrons. The van der Waals surface area contributed by atoms with Crippen molar-refractivity contribution in [1.82, 2.24) is 15.1 Å². The van der Waals surface area contributed by atoms with Gasteiger partial charge in [-0.05, 0) is 60.9 Å². The van der Waals surface area contributed by atoms with Crippen molar-refractivity contribution in [2.24, 2.45) is 5.92 Å². The average molecular weight is 494 g/mol. The van der Waals surface area contributed by atoms with Gasteiger partial charge in [-0.3, -0.25) is 14.5 Å². The van der Waals surface area contributed by atoms with Crippen LogP contribution in [0, 0.1) is 18.7 Å². The standard InChI is InChI=1S/C28H32FN3O4/c1-19-4-2-3-5-21(19)16-25(33)31-13-10-22(11-14-31)28(17-20-6-8-23(29)9-7-20)26(34)32(27(35)30-28)24-12-15-36-18-24/h2-9,22,24H,10-18H2,1H3,(H,30,35)/t24-,28-/m0/s1. The Morgan fingerprint density at radius 3 is 2.47 bits per heavy atom. The molecule has 4 amide bonds. The molecule has 3 heterocycles. The number of carbonyl (C=O) groups is 3. The first-order valence-corrected chi connectivity index (χ1v) is 12.7. The van der Waals surface area contributed by atoms with Gasteiger partial charge in [0.15, 0.2) is 0 Å². The minimum Gasteiger partial charge on any atom is -0.379 e. The lowest BCUT2D eigenvalue weighted by molar-refractivity contribution is -0.137. The zero-order valence-corrected chi connectivity index (χ0v) is 20.5. The third-order valence-electron chi connectivity index (χ3n) is 7.96. The van der Waals surface area contributed by atoms with Crippen LogP contribution in [0.2, 0.25) is 0 Å². The monoisotopic (exact) mass is 493 g/mol. The molecule has 36 heavy (non-hydrogen) atoms. The second-order valence-electron chi connectivity index (χ2n) is 10.2. The highest BCUT2D eigenvalue weighted by molar-refractivity contribution is 6.07. The van der Waals surface area contributed by atoms with Crippen LogP contribution < -0.4 is 5.32 Å². The lowest BCUT2D eigenvalue weighted by Crippen LogP contribution is -2.58. The molecule has 3 fully saturated rings. The van der Waals surface area contributed by atoms with Crippen molar-refractivity contribution in [3.05, 3.63) is 71.0 Å². The topological polar surface area (TPSA) is 79.0 Å². The lowest BCUT2D eigenvalue weighted by atomic mass is 9.73. The van der Waals surface area contributed by atoms with Crippen LogP contribution in [-0.4, -0.2) is 65.5 Å². The number of benzene rings is 2. The third-order valence-corrected chi connectivity index (χ3v) is 7.96. The number of nitrogens with zero attached hydrogens (tertiary/aromatic N) is 2. The van der Waals surface area contributed by atoms with Crippen molar-refractivity contribution in [2.75, 3.05) is 26.3 Å². The summed E-state index contributed by atoms with van der Waals surface area (Å²) in [7, 11) is 0. The van der Waals surface area contributed by atoms with Crippen LogP contribution in [0.25, 0.3) is 0 Å². The number of hydrogen-bond donors (Lipinski definition) is 1. The molecule has 3 aliphatic heterocycles. The number of carbonyl (C=O) groups excluding carboxylic acids is 3. The van der Waals surface area contributed by atoms with Crippen LogP contribution in [0.5, 0.6) is 0 Å². The number of ether oxygens (including phenoxy) is 1. The largest absolute Gasteiger partial charge is 0.379 e. The van der Waals surface area contributed by atoms with Crippen molar-refractivity contribution < 1.29 is 23.5 Å². The van der Waals surface area contributed by atoms with Crippen LogP contribution in [0.1, 0.15) is 36.0 Å². The zero-order chi connectivity index (χ0) is 25.3. The third kappa shape index (κ3) is 4.62. The number of piperidine rings is 1. The fourth-order valence-corrected chi connectivity index (χ4v) is 5.84. The molecule has 3 saturated heterocycles. The van der Waals surface area contributed by atoms with Crippen molar-refractivity contribution >= 4 is 17.8 Å². The van der Waals surface area contributed by atoms with E-state index < -0.39 is 11.6 Å². The fourth-order valence-electron chi connectivity index (χ4n) is 5.84. The second kappa shape index (κ2) is 10.0. The van der Waals surface area contributed by atoms with E-state index >= 15 is 0 Å². The van der Waals surface area contributed by atoms with Gasteiger partial charge in [0.25, 0.3) is 5.91 Å². The molecular weight excluding hydrogens is 461 g/mol. The Morgan fingerprint density at radius 2 is 1.81 bits per heavy atom. The summed E-state index contributed by atoms with van der Waals surface area (Å²) in [6.45, 7) is 3.92. The highest BCUT2D eigenvalue weighted by atomic mass is 19.1. The smallest absolute Gasteiger partial charge is 0.325 e. The van der Waals surface area contributed by atoms with E-state index in [0.29, 0.717) is 52.0 Å². The number of urea groups is 1. The number of imide groups is 1. The first-order chi connectivity index (χ1) is 17.4. The fraction of sp³-hybridized carbons (Fsp3) is 0.464. The highest BCUT2D eigenvalue weighted by Crippen LogP contribution is 2.38. The summed E-state index contributed by atoms with van der Waals surface area (Å²) < 4.78 is 19.0. The first-order valence-electron chi connectivity index (χ1n) is 12.7. The number of hydrogen-bond acceptors (Lipinski definition) is 4. The van der Waals surface area contributed by atoms with Gasteiger partial charge in [-0.25, -0.2) is 9.18 Å². The Hall–Kier alpha value is -3.26. The maximum absolute atomic E-state index is 13.9. The Balaban J connectivity index is 1.35. The van der Waals surface area contributed by atoms with Gasteiger partial charge in [-0.2, -0.15) is 0 Å². The van der Waals surface area contributed by atoms with Crippen molar-refractivity contribution in [3.8, 4) is 0 Å². The lowest BCUT2D eigenvalue weighted by Gasteiger charge is -2.41. The molecule has 0 spiro atoms. The molecule has 5 rings (SSSR count). The van der Waals surface area contributed by atoms with E-state index in [1.165, 1.54) is 17.0 Å². The van der Waals surface area contributed by atoms with Crippen LogP contribution in [0.15, 0.2) is 48.5 Å². The predicted octanol–water partition coefficient (Wildman–Crippen LogP) is 3.24. The molecule has 2 aromatic rings. The number of aryl methyl sites for hydroxylation is 1. The maximum Gasteiger partial charge on any atom is 0.325 e. The molecule has 2 atom stereocenters. The normalized spacial score (nSPS) is 24.9. The molecule has 3 aliphatic rings. The molecule has 1 N–H and O–H groups in total. The van der Waals surface area contributed by atoms with Gasteiger partial charge in [-0.15, -0.1) is 0 Å². The molecule has 0 bridgehead atoms. The summed E-state index contributed by atoms with van der Waals surface area (Å²) in [6, 6.07) is 13.3. The van der Waals surface area contributed by atoms with E-state index in [9.17, 15) is 18.8 Å². The average Bonchev–Trinajstić information content (AvgIpc) is 3.48. The van der Waals surface area contributed by atoms with Crippen LogP contribution >= 0.6 is 0 Å². The van der Waals surface area contributed by atoms with Crippen LogP contribution in [0.3, 0.4) is 0 Å². The van der Waals surface area contributed by atoms with Crippen molar-refractivity contribution in [1.29, 1.82) is 0 Å². The maximum atomic E-state index is 13.9. The highest BCUT2D eigenvalue weighted by Gasteiger charge is 2.57. The number of likely N-dealkylation sites (tertiary alicyclic amines) is 1. The van der Waals surface area contributed by atoms with Gasteiger partial charge in [0, 0.05) is 26.1 Å². The summed E-state index contributed by atoms with van der Waals surface area (Å²) in [5.41, 5.74) is 1.77. The Kier molecular flexibility index (Phi) is 6.79. The van der Waals surface area contributed by atoms with E-state index in [-0.39, 0.29) is 36.0 Å². The van der Waals surface area contributed by atoms with E-state index in [2.05, 4.69) is 5.32 Å². The summed E-state index contributed by atoms with van der Waals surface area (Å²) >= 11 is 0. The molecular formula is C28H32FN3O4. The summed E-state index contributed by atoms with van der Waals surface area (Å²) in [6.07, 6.45) is 2.45. The van der Waals surface area contributed by atoms with E-state index in [1.807, 2.05) is 36.1 Å². The summed E-state index contributed by atoms with van der Waals surface area (Å²) in [4.78, 5) is 43.2. The van der Waals surface area contributed by atoms with E-state index in [4.69, 9.17) is 4.74 Å². The quantitative estimate of drug-likeness (QED) is 0.627. The van der Waals surface area contributed by atoms with Crippen LogP contribution in [-0.2, 0) is 27.2 Å². The number of halogens is 1. The summed E-state index contributed by atoms with van der Waals surface area (Å²) in [5, 5.41) is 3.05. The van der Waals surface area contributed by atoms with Gasteiger partial charge in [0.1, 0.15) is 11.4 Å². The number of amides is 4. The zero-order valence-electron chi connectivity index (χ0n) is 20.5. The predicted molar refractivity (Wildman–Crippen MR) is 132 cm³/mol. The molecule has 0 saturated carbocycles. The molecule has 0 aromatic heterocycles. The SMILES string of the molecule is Cc1ccccc1CC(=O)N1CCC([C@]2(Cc3ccc(F)cc3)NC(=O)N([C@H]3CCOC3)C2=O)CC1. The summed E-state index contributed by atoms with van der Waals surface area (Å²) in [5.74, 6) is -0.660. The molecule has 0 aliphatic carbocycles. The van der Waals surface area contributed by atoms with Gasteiger partial charge < -0.3 is 15.0 Å². The van der Waals surface area contributed by atoms with Gasteiger partial charge in [-0.1, -0.05) is 36.4 Å².